The van der Waals surface area contributed by atoms with Gasteiger partial charge in [-0.1, -0.05) is 35.6 Å². The second kappa shape index (κ2) is 6.05. The summed E-state index contributed by atoms with van der Waals surface area (Å²) in [5.41, 5.74) is 1.71. The van der Waals surface area contributed by atoms with E-state index in [0.717, 1.165) is 37.6 Å². The fraction of sp³-hybridized carbons (Fsp3) is 1.00. The molecule has 14 heavy (non-hydrogen) atoms. The van der Waals surface area contributed by atoms with Gasteiger partial charge in [-0.2, -0.15) is 0 Å². The van der Waals surface area contributed by atoms with Gasteiger partial charge in [0.25, 0.3) is 0 Å². The summed E-state index contributed by atoms with van der Waals surface area (Å²) in [6.45, 7) is 13.6. The van der Waals surface area contributed by atoms with Crippen molar-refractivity contribution in [1.29, 1.82) is 0 Å². The predicted octanol–water partition coefficient (Wildman–Crippen LogP) is 2.57. The van der Waals surface area contributed by atoms with Crippen LogP contribution >= 0.6 is 7.92 Å². The van der Waals surface area contributed by atoms with Crippen LogP contribution in [0, 0.1) is 0 Å². The number of rotatable bonds is 4. The van der Waals surface area contributed by atoms with E-state index in [-0.39, 0.29) is 7.92 Å². The van der Waals surface area contributed by atoms with Crippen LogP contribution in [0.3, 0.4) is 0 Å². The molecule has 0 aliphatic carbocycles. The molecule has 84 valence electrons. The van der Waals surface area contributed by atoms with Crippen molar-refractivity contribution in [3.63, 3.8) is 0 Å². The quantitative estimate of drug-likeness (QED) is 0.671. The maximum Gasteiger partial charge on any atom is 0.0594 e. The molecule has 0 unspecified atom stereocenters. The van der Waals surface area contributed by atoms with Crippen molar-refractivity contribution in [1.82, 2.24) is 4.90 Å². The molecule has 0 bridgehead atoms. The number of nitrogens with zero attached hydrogens (tertiary/aromatic N) is 1. The summed E-state index contributed by atoms with van der Waals surface area (Å²) in [6.07, 6.45) is 1.31. The summed E-state index contributed by atoms with van der Waals surface area (Å²) in [5, 5.41) is 0. The van der Waals surface area contributed by atoms with E-state index in [1.807, 2.05) is 0 Å². The molecule has 0 aromatic carbocycles. The van der Waals surface area contributed by atoms with Gasteiger partial charge < -0.3 is 4.74 Å². The molecule has 1 fully saturated rings. The lowest BCUT2D eigenvalue weighted by Crippen LogP contribution is -2.37. The Labute approximate surface area is 89.8 Å². The summed E-state index contributed by atoms with van der Waals surface area (Å²) in [7, 11) is 0.169. The Kier molecular flexibility index (Phi) is 5.36. The van der Waals surface area contributed by atoms with E-state index in [2.05, 4.69) is 32.6 Å². The SMILES string of the molecule is CC(C)P(CN1CCOCC1)C(C)C. The molecule has 1 rings (SSSR count). The topological polar surface area (TPSA) is 12.5 Å². The first-order valence-electron chi connectivity index (χ1n) is 5.67. The lowest BCUT2D eigenvalue weighted by atomic mass is 10.5. The largest absolute Gasteiger partial charge is 0.379 e. The van der Waals surface area contributed by atoms with Crippen molar-refractivity contribution in [3.8, 4) is 0 Å². The molecule has 1 aliphatic rings. The van der Waals surface area contributed by atoms with E-state index in [9.17, 15) is 0 Å². The Morgan fingerprint density at radius 3 is 2.00 bits per heavy atom. The maximum absolute atomic E-state index is 5.37. The second-order valence-corrected chi connectivity index (χ2v) is 7.95. The maximum atomic E-state index is 5.37. The Bertz CT molecular complexity index is 147. The predicted molar refractivity (Wildman–Crippen MR) is 64.5 cm³/mol. The lowest BCUT2D eigenvalue weighted by Gasteiger charge is -2.34. The molecule has 1 heterocycles. The van der Waals surface area contributed by atoms with E-state index in [0.29, 0.717) is 0 Å². The standard InChI is InChI=1S/C11H24NOP/c1-10(2)14(11(3)4)9-12-5-7-13-8-6-12/h10-11H,5-9H2,1-4H3. The zero-order chi connectivity index (χ0) is 10.6. The highest BCUT2D eigenvalue weighted by Gasteiger charge is 2.21. The van der Waals surface area contributed by atoms with Crippen molar-refractivity contribution in [2.75, 3.05) is 32.6 Å². The molecule has 0 saturated carbocycles. The minimum Gasteiger partial charge on any atom is -0.379 e. The zero-order valence-corrected chi connectivity index (χ0v) is 10.9. The first-order valence-corrected chi connectivity index (χ1v) is 7.33. The van der Waals surface area contributed by atoms with Crippen LogP contribution in [0.5, 0.6) is 0 Å². The van der Waals surface area contributed by atoms with Crippen molar-refractivity contribution in [2.45, 2.75) is 39.0 Å². The smallest absolute Gasteiger partial charge is 0.0594 e. The Balaban J connectivity index is 2.37. The van der Waals surface area contributed by atoms with E-state index in [4.69, 9.17) is 4.74 Å². The Morgan fingerprint density at radius 2 is 1.57 bits per heavy atom. The van der Waals surface area contributed by atoms with Crippen LogP contribution in [0.1, 0.15) is 27.7 Å². The summed E-state index contributed by atoms with van der Waals surface area (Å²) in [5.74, 6) is 0. The van der Waals surface area contributed by atoms with Crippen LogP contribution in [0.15, 0.2) is 0 Å². The Hall–Kier alpha value is 0.350. The summed E-state index contributed by atoms with van der Waals surface area (Å²) in [4.78, 5) is 2.58. The van der Waals surface area contributed by atoms with E-state index < -0.39 is 0 Å². The van der Waals surface area contributed by atoms with Gasteiger partial charge in [0.1, 0.15) is 0 Å². The third kappa shape index (κ3) is 3.84. The van der Waals surface area contributed by atoms with Crippen LogP contribution in [0.25, 0.3) is 0 Å². The molecule has 0 atom stereocenters. The third-order valence-electron chi connectivity index (χ3n) is 2.79. The molecule has 1 aliphatic heterocycles. The highest BCUT2D eigenvalue weighted by Crippen LogP contribution is 2.46. The van der Waals surface area contributed by atoms with Crippen molar-refractivity contribution >= 4 is 7.92 Å². The molecule has 0 N–H and O–H groups in total. The molecular weight excluding hydrogens is 193 g/mol. The van der Waals surface area contributed by atoms with Crippen molar-refractivity contribution in [3.05, 3.63) is 0 Å². The molecule has 3 heteroatoms. The highest BCUT2D eigenvalue weighted by atomic mass is 31.1. The summed E-state index contributed by atoms with van der Waals surface area (Å²) < 4.78 is 5.37. The van der Waals surface area contributed by atoms with Gasteiger partial charge in [0.2, 0.25) is 0 Å². The van der Waals surface area contributed by atoms with Crippen LogP contribution in [0.4, 0.5) is 0 Å². The zero-order valence-electron chi connectivity index (χ0n) is 9.99. The molecule has 2 nitrogen and oxygen atoms in total. The van der Waals surface area contributed by atoms with Crippen LogP contribution in [-0.2, 0) is 4.74 Å². The van der Waals surface area contributed by atoms with Gasteiger partial charge in [-0.15, -0.1) is 0 Å². The number of ether oxygens (including phenoxy) is 1. The molecule has 0 radical (unpaired) electrons. The average molecular weight is 217 g/mol. The van der Waals surface area contributed by atoms with E-state index in [1.54, 1.807) is 0 Å². The number of morpholine rings is 1. The lowest BCUT2D eigenvalue weighted by molar-refractivity contribution is 0.0466. The van der Waals surface area contributed by atoms with Gasteiger partial charge >= 0.3 is 0 Å². The minimum absolute atomic E-state index is 0.169. The fourth-order valence-corrected chi connectivity index (χ4v) is 4.49. The molecule has 1 saturated heterocycles. The normalized spacial score (nSPS) is 19.9. The van der Waals surface area contributed by atoms with Crippen LogP contribution in [-0.4, -0.2) is 48.8 Å². The van der Waals surface area contributed by atoms with Crippen molar-refractivity contribution < 1.29 is 4.74 Å². The first kappa shape index (κ1) is 12.4. The third-order valence-corrected chi connectivity index (χ3v) is 6.17. The number of hydrogen-bond acceptors (Lipinski definition) is 2. The summed E-state index contributed by atoms with van der Waals surface area (Å²) >= 11 is 0. The molecular formula is C11H24NOP. The second-order valence-electron chi connectivity index (χ2n) is 4.57. The highest BCUT2D eigenvalue weighted by molar-refractivity contribution is 7.58. The van der Waals surface area contributed by atoms with E-state index >= 15 is 0 Å². The van der Waals surface area contributed by atoms with Crippen LogP contribution < -0.4 is 0 Å². The van der Waals surface area contributed by atoms with Crippen molar-refractivity contribution in [2.24, 2.45) is 0 Å². The van der Waals surface area contributed by atoms with Gasteiger partial charge in [-0.25, -0.2) is 0 Å². The average Bonchev–Trinajstić information content (AvgIpc) is 2.15. The number of hydrogen-bond donors (Lipinski definition) is 0. The van der Waals surface area contributed by atoms with Gasteiger partial charge in [-0.05, 0) is 11.3 Å². The van der Waals surface area contributed by atoms with Gasteiger partial charge in [0, 0.05) is 19.4 Å². The first-order chi connectivity index (χ1) is 6.61. The Morgan fingerprint density at radius 1 is 1.07 bits per heavy atom. The molecule has 0 spiro atoms. The van der Waals surface area contributed by atoms with E-state index in [1.165, 1.54) is 6.29 Å². The van der Waals surface area contributed by atoms with Gasteiger partial charge in [0.15, 0.2) is 0 Å². The molecule has 0 aromatic rings. The minimum atomic E-state index is 0.169. The van der Waals surface area contributed by atoms with Crippen LogP contribution in [0.2, 0.25) is 0 Å². The summed E-state index contributed by atoms with van der Waals surface area (Å²) in [6, 6.07) is 0. The molecule has 0 amide bonds. The monoisotopic (exact) mass is 217 g/mol. The fourth-order valence-electron chi connectivity index (χ4n) is 1.90. The van der Waals surface area contributed by atoms with Gasteiger partial charge in [-0.3, -0.25) is 4.90 Å². The molecule has 0 aromatic heterocycles. The van der Waals surface area contributed by atoms with Gasteiger partial charge in [0.05, 0.1) is 13.2 Å².